The Hall–Kier alpha value is -1.19. The molecule has 3 nitrogen and oxygen atoms in total. The molecule has 18 heavy (non-hydrogen) atoms. The minimum Gasteiger partial charge on any atom is -0.379 e. The average molecular weight is 247 g/mol. The molecule has 1 aromatic carbocycles. The van der Waals surface area contributed by atoms with Crippen LogP contribution in [0.3, 0.4) is 0 Å². The number of carbonyl (C=O) groups is 1. The molecular weight excluding hydrogens is 226 g/mol. The van der Waals surface area contributed by atoms with Crippen LogP contribution < -0.4 is 5.73 Å². The third kappa shape index (κ3) is 2.33. The lowest BCUT2D eigenvalue weighted by Crippen LogP contribution is -2.45. The van der Waals surface area contributed by atoms with Crippen molar-refractivity contribution in [1.29, 1.82) is 0 Å². The molecule has 98 valence electrons. The number of carbonyl (C=O) groups excluding carboxylic acids is 1. The Morgan fingerprint density at radius 1 is 1.44 bits per heavy atom. The Kier molecular flexibility index (Phi) is 3.55. The van der Waals surface area contributed by atoms with E-state index in [4.69, 9.17) is 10.5 Å². The fourth-order valence-corrected chi connectivity index (χ4v) is 2.28. The van der Waals surface area contributed by atoms with Gasteiger partial charge in [-0.05, 0) is 37.5 Å². The van der Waals surface area contributed by atoms with Crippen LogP contribution in [0.4, 0.5) is 0 Å². The van der Waals surface area contributed by atoms with E-state index in [0.29, 0.717) is 19.6 Å². The highest BCUT2D eigenvalue weighted by Crippen LogP contribution is 2.29. The van der Waals surface area contributed by atoms with Gasteiger partial charge in [0.25, 0.3) is 0 Å². The van der Waals surface area contributed by atoms with E-state index >= 15 is 0 Å². The summed E-state index contributed by atoms with van der Waals surface area (Å²) in [5.74, 6) is 0.177. The van der Waals surface area contributed by atoms with Crippen LogP contribution >= 0.6 is 0 Å². The van der Waals surface area contributed by atoms with Gasteiger partial charge in [0.15, 0.2) is 0 Å². The maximum Gasteiger partial charge on any atom is 0.147 e. The van der Waals surface area contributed by atoms with Crippen LogP contribution in [-0.2, 0) is 16.0 Å². The molecule has 1 aromatic rings. The number of rotatable bonds is 3. The van der Waals surface area contributed by atoms with Gasteiger partial charge in [-0.1, -0.05) is 18.2 Å². The molecule has 0 aromatic heterocycles. The predicted molar refractivity (Wildman–Crippen MR) is 71.5 cm³/mol. The van der Waals surface area contributed by atoms with Crippen LogP contribution in [-0.4, -0.2) is 25.0 Å². The summed E-state index contributed by atoms with van der Waals surface area (Å²) in [7, 11) is 0. The zero-order valence-electron chi connectivity index (χ0n) is 11.3. The van der Waals surface area contributed by atoms with Gasteiger partial charge in [-0.2, -0.15) is 0 Å². The molecule has 0 spiro atoms. The van der Waals surface area contributed by atoms with Gasteiger partial charge in [0.05, 0.1) is 18.6 Å². The van der Waals surface area contributed by atoms with Crippen molar-refractivity contribution in [3.8, 4) is 0 Å². The molecule has 3 heteroatoms. The fourth-order valence-electron chi connectivity index (χ4n) is 2.28. The van der Waals surface area contributed by atoms with Crippen molar-refractivity contribution < 1.29 is 9.53 Å². The highest BCUT2D eigenvalue weighted by Gasteiger charge is 2.43. The van der Waals surface area contributed by atoms with E-state index in [-0.39, 0.29) is 11.8 Å². The van der Waals surface area contributed by atoms with Gasteiger partial charge in [-0.3, -0.25) is 4.79 Å². The molecular formula is C15H21NO2. The monoisotopic (exact) mass is 247 g/mol. The topological polar surface area (TPSA) is 52.3 Å². The Balaban J connectivity index is 2.14. The highest BCUT2D eigenvalue weighted by molar-refractivity contribution is 5.87. The molecule has 1 saturated heterocycles. The lowest BCUT2D eigenvalue weighted by molar-refractivity contribution is -0.127. The third-order valence-corrected chi connectivity index (χ3v) is 4.09. The van der Waals surface area contributed by atoms with E-state index in [1.807, 2.05) is 13.0 Å². The molecule has 1 fully saturated rings. The van der Waals surface area contributed by atoms with Crippen molar-refractivity contribution in [2.24, 2.45) is 11.1 Å². The molecule has 2 rings (SSSR count). The first-order valence-corrected chi connectivity index (χ1v) is 6.36. The van der Waals surface area contributed by atoms with Crippen molar-refractivity contribution in [2.45, 2.75) is 33.2 Å². The zero-order chi connectivity index (χ0) is 13.3. The lowest BCUT2D eigenvalue weighted by Gasteiger charge is -2.25. The number of ether oxygens (including phenoxy) is 1. The van der Waals surface area contributed by atoms with Crippen LogP contribution in [0, 0.1) is 19.3 Å². The molecule has 2 unspecified atom stereocenters. The van der Waals surface area contributed by atoms with E-state index in [0.717, 1.165) is 5.56 Å². The standard InChI is InChI=1S/C15H21NO2/c1-10-4-5-12(6-11(10)2)7-14(17)15(3)9-18-8-13(15)16/h4-6,13H,7-9,16H2,1-3H3. The van der Waals surface area contributed by atoms with E-state index < -0.39 is 5.41 Å². The second kappa shape index (κ2) is 4.82. The summed E-state index contributed by atoms with van der Waals surface area (Å²) in [5.41, 5.74) is 8.97. The Bertz CT molecular complexity index is 470. The summed E-state index contributed by atoms with van der Waals surface area (Å²) in [4.78, 5) is 12.4. The van der Waals surface area contributed by atoms with Crippen molar-refractivity contribution in [2.75, 3.05) is 13.2 Å². The second-order valence-electron chi connectivity index (χ2n) is 5.56. The number of Topliss-reactive ketones (excluding diaryl/α,β-unsaturated/α-hetero) is 1. The van der Waals surface area contributed by atoms with Crippen molar-refractivity contribution in [3.05, 3.63) is 34.9 Å². The quantitative estimate of drug-likeness (QED) is 0.885. The maximum absolute atomic E-state index is 12.4. The molecule has 0 amide bonds. The third-order valence-electron chi connectivity index (χ3n) is 4.09. The summed E-state index contributed by atoms with van der Waals surface area (Å²) in [5, 5.41) is 0. The largest absolute Gasteiger partial charge is 0.379 e. The first-order valence-electron chi connectivity index (χ1n) is 6.36. The van der Waals surface area contributed by atoms with Gasteiger partial charge >= 0.3 is 0 Å². The van der Waals surface area contributed by atoms with Crippen LogP contribution in [0.2, 0.25) is 0 Å². The summed E-state index contributed by atoms with van der Waals surface area (Å²) in [6.07, 6.45) is 0.439. The number of aryl methyl sites for hydroxylation is 2. The smallest absolute Gasteiger partial charge is 0.147 e. The second-order valence-corrected chi connectivity index (χ2v) is 5.56. The van der Waals surface area contributed by atoms with Crippen molar-refractivity contribution >= 4 is 5.78 Å². The molecule has 0 radical (unpaired) electrons. The number of hydrogen-bond donors (Lipinski definition) is 1. The molecule has 2 atom stereocenters. The van der Waals surface area contributed by atoms with Crippen LogP contribution in [0.15, 0.2) is 18.2 Å². The molecule has 0 bridgehead atoms. The summed E-state index contributed by atoms with van der Waals surface area (Å²) in [6, 6.07) is 5.98. The first-order chi connectivity index (χ1) is 8.43. The SMILES string of the molecule is Cc1ccc(CC(=O)C2(C)COCC2N)cc1C. The zero-order valence-corrected chi connectivity index (χ0v) is 11.3. The summed E-state index contributed by atoms with van der Waals surface area (Å²) in [6.45, 7) is 6.97. The average Bonchev–Trinajstić information content (AvgIpc) is 2.66. The maximum atomic E-state index is 12.4. The molecule has 1 aliphatic rings. The van der Waals surface area contributed by atoms with Crippen LogP contribution in [0.1, 0.15) is 23.6 Å². The van der Waals surface area contributed by atoms with Crippen LogP contribution in [0.5, 0.6) is 0 Å². The first kappa shape index (κ1) is 13.2. The van der Waals surface area contributed by atoms with Gasteiger partial charge in [0, 0.05) is 12.5 Å². The number of nitrogens with two attached hydrogens (primary N) is 1. The van der Waals surface area contributed by atoms with Crippen molar-refractivity contribution in [3.63, 3.8) is 0 Å². The van der Waals surface area contributed by atoms with E-state index in [9.17, 15) is 4.79 Å². The molecule has 1 aliphatic heterocycles. The minimum absolute atomic E-state index is 0.177. The summed E-state index contributed by atoms with van der Waals surface area (Å²) < 4.78 is 5.33. The molecule has 1 heterocycles. The number of benzene rings is 1. The van der Waals surface area contributed by atoms with Gasteiger partial charge in [0.1, 0.15) is 5.78 Å². The van der Waals surface area contributed by atoms with Crippen molar-refractivity contribution in [1.82, 2.24) is 0 Å². The number of hydrogen-bond acceptors (Lipinski definition) is 3. The highest BCUT2D eigenvalue weighted by atomic mass is 16.5. The lowest BCUT2D eigenvalue weighted by atomic mass is 9.79. The Morgan fingerprint density at radius 2 is 2.17 bits per heavy atom. The molecule has 0 saturated carbocycles. The van der Waals surface area contributed by atoms with Gasteiger partial charge in [-0.25, -0.2) is 0 Å². The molecule has 0 aliphatic carbocycles. The van der Waals surface area contributed by atoms with E-state index in [1.54, 1.807) is 0 Å². The van der Waals surface area contributed by atoms with E-state index in [2.05, 4.69) is 26.0 Å². The molecule has 2 N–H and O–H groups in total. The van der Waals surface area contributed by atoms with E-state index in [1.165, 1.54) is 11.1 Å². The fraction of sp³-hybridized carbons (Fsp3) is 0.533. The van der Waals surface area contributed by atoms with Gasteiger partial charge in [-0.15, -0.1) is 0 Å². The number of ketones is 1. The summed E-state index contributed by atoms with van der Waals surface area (Å²) >= 11 is 0. The van der Waals surface area contributed by atoms with Crippen LogP contribution in [0.25, 0.3) is 0 Å². The predicted octanol–water partition coefficient (Wildman–Crippen LogP) is 1.78. The Morgan fingerprint density at radius 3 is 2.72 bits per heavy atom. The normalized spacial score (nSPS) is 27.4. The Labute approximate surface area is 108 Å². The minimum atomic E-state index is -0.529. The van der Waals surface area contributed by atoms with Gasteiger partial charge < -0.3 is 10.5 Å². The van der Waals surface area contributed by atoms with Gasteiger partial charge in [0.2, 0.25) is 0 Å².